The first-order chi connectivity index (χ1) is 9.02. The number of benzene rings is 2. The SMILES string of the molecule is COc1ccc(F)cc1C(=O)c1cc(N)ccc1Cl. The van der Waals surface area contributed by atoms with Gasteiger partial charge in [0.1, 0.15) is 11.6 Å². The van der Waals surface area contributed by atoms with Crippen molar-refractivity contribution in [2.45, 2.75) is 0 Å². The molecule has 0 bridgehead atoms. The highest BCUT2D eigenvalue weighted by molar-refractivity contribution is 6.35. The lowest BCUT2D eigenvalue weighted by Gasteiger charge is -2.09. The fraction of sp³-hybridized carbons (Fsp3) is 0.0714. The summed E-state index contributed by atoms with van der Waals surface area (Å²) in [6.07, 6.45) is 0. The van der Waals surface area contributed by atoms with E-state index >= 15 is 0 Å². The lowest BCUT2D eigenvalue weighted by Crippen LogP contribution is -2.06. The number of rotatable bonds is 3. The fourth-order valence-electron chi connectivity index (χ4n) is 1.72. The number of anilines is 1. The molecule has 98 valence electrons. The average molecular weight is 280 g/mol. The zero-order valence-electron chi connectivity index (χ0n) is 10.1. The van der Waals surface area contributed by atoms with Crippen LogP contribution < -0.4 is 10.5 Å². The Labute approximate surface area is 114 Å². The van der Waals surface area contributed by atoms with E-state index in [-0.39, 0.29) is 21.9 Å². The van der Waals surface area contributed by atoms with Gasteiger partial charge in [-0.05, 0) is 36.4 Å². The molecule has 0 amide bonds. The van der Waals surface area contributed by atoms with E-state index in [1.54, 1.807) is 6.07 Å². The first kappa shape index (κ1) is 13.4. The van der Waals surface area contributed by atoms with Crippen molar-refractivity contribution in [2.75, 3.05) is 12.8 Å². The molecule has 2 aromatic rings. The van der Waals surface area contributed by atoms with Crippen LogP contribution in [-0.2, 0) is 0 Å². The van der Waals surface area contributed by atoms with E-state index in [4.69, 9.17) is 22.1 Å². The van der Waals surface area contributed by atoms with Crippen LogP contribution in [0.1, 0.15) is 15.9 Å². The third kappa shape index (κ3) is 2.69. The van der Waals surface area contributed by atoms with Gasteiger partial charge in [-0.3, -0.25) is 4.79 Å². The minimum Gasteiger partial charge on any atom is -0.496 e. The molecule has 0 heterocycles. The third-order valence-electron chi connectivity index (χ3n) is 2.64. The Morgan fingerprint density at radius 1 is 1.21 bits per heavy atom. The molecule has 0 aromatic heterocycles. The Morgan fingerprint density at radius 3 is 2.63 bits per heavy atom. The van der Waals surface area contributed by atoms with Crippen LogP contribution in [0.2, 0.25) is 5.02 Å². The molecule has 2 N–H and O–H groups in total. The van der Waals surface area contributed by atoms with Crippen LogP contribution in [0.25, 0.3) is 0 Å². The zero-order chi connectivity index (χ0) is 14.0. The summed E-state index contributed by atoms with van der Waals surface area (Å²) >= 11 is 5.97. The van der Waals surface area contributed by atoms with Gasteiger partial charge in [-0.25, -0.2) is 4.39 Å². The molecule has 19 heavy (non-hydrogen) atoms. The fourth-order valence-corrected chi connectivity index (χ4v) is 1.92. The Morgan fingerprint density at radius 2 is 1.95 bits per heavy atom. The van der Waals surface area contributed by atoms with Gasteiger partial charge in [0.2, 0.25) is 0 Å². The number of carbonyl (C=O) groups excluding carboxylic acids is 1. The molecule has 0 radical (unpaired) electrons. The summed E-state index contributed by atoms with van der Waals surface area (Å²) in [7, 11) is 1.41. The Kier molecular flexibility index (Phi) is 3.71. The predicted octanol–water partition coefficient (Wildman–Crippen LogP) is 3.30. The van der Waals surface area contributed by atoms with Crippen LogP contribution >= 0.6 is 11.6 Å². The summed E-state index contributed by atoms with van der Waals surface area (Å²) in [6.45, 7) is 0. The highest BCUT2D eigenvalue weighted by Crippen LogP contribution is 2.27. The van der Waals surface area contributed by atoms with Gasteiger partial charge < -0.3 is 10.5 Å². The van der Waals surface area contributed by atoms with Crippen molar-refractivity contribution in [1.29, 1.82) is 0 Å². The van der Waals surface area contributed by atoms with Gasteiger partial charge >= 0.3 is 0 Å². The monoisotopic (exact) mass is 279 g/mol. The molecule has 0 unspecified atom stereocenters. The number of ether oxygens (including phenoxy) is 1. The molecule has 2 aromatic carbocycles. The normalized spacial score (nSPS) is 10.3. The maximum atomic E-state index is 13.3. The van der Waals surface area contributed by atoms with Gasteiger partial charge in [-0.2, -0.15) is 0 Å². The number of carbonyl (C=O) groups is 1. The second kappa shape index (κ2) is 5.28. The smallest absolute Gasteiger partial charge is 0.198 e. The van der Waals surface area contributed by atoms with Crippen molar-refractivity contribution in [3.05, 3.63) is 58.4 Å². The number of hydrogen-bond donors (Lipinski definition) is 1. The average Bonchev–Trinajstić information content (AvgIpc) is 2.40. The molecule has 3 nitrogen and oxygen atoms in total. The van der Waals surface area contributed by atoms with Crippen molar-refractivity contribution in [1.82, 2.24) is 0 Å². The number of nitrogen functional groups attached to an aromatic ring is 1. The van der Waals surface area contributed by atoms with Gasteiger partial charge in [0, 0.05) is 11.3 Å². The molecule has 0 atom stereocenters. The van der Waals surface area contributed by atoms with Gasteiger partial charge in [0.25, 0.3) is 0 Å². The van der Waals surface area contributed by atoms with Gasteiger partial charge in [0.15, 0.2) is 5.78 Å². The number of methoxy groups -OCH3 is 1. The Bertz CT molecular complexity index is 643. The molecule has 0 aliphatic carbocycles. The number of ketones is 1. The maximum absolute atomic E-state index is 13.3. The van der Waals surface area contributed by atoms with Gasteiger partial charge in [-0.15, -0.1) is 0 Å². The summed E-state index contributed by atoms with van der Waals surface area (Å²) < 4.78 is 18.3. The van der Waals surface area contributed by atoms with Crippen molar-refractivity contribution < 1.29 is 13.9 Å². The maximum Gasteiger partial charge on any atom is 0.198 e. The summed E-state index contributed by atoms with van der Waals surface area (Å²) in [5, 5.41) is 0.255. The van der Waals surface area contributed by atoms with Crippen LogP contribution in [0.3, 0.4) is 0 Å². The molecule has 0 aliphatic heterocycles. The lowest BCUT2D eigenvalue weighted by molar-refractivity contribution is 0.103. The predicted molar refractivity (Wildman–Crippen MR) is 72.2 cm³/mol. The first-order valence-corrected chi connectivity index (χ1v) is 5.84. The summed E-state index contributed by atoms with van der Waals surface area (Å²) in [5.41, 5.74) is 6.35. The van der Waals surface area contributed by atoms with Crippen molar-refractivity contribution in [3.63, 3.8) is 0 Å². The van der Waals surface area contributed by atoms with Gasteiger partial charge in [0.05, 0.1) is 17.7 Å². The first-order valence-electron chi connectivity index (χ1n) is 5.46. The molecule has 0 saturated heterocycles. The quantitative estimate of drug-likeness (QED) is 0.693. The molecule has 5 heteroatoms. The molecular weight excluding hydrogens is 269 g/mol. The summed E-state index contributed by atoms with van der Waals surface area (Å²) in [4.78, 5) is 12.4. The Balaban J connectivity index is 2.55. The molecule has 0 fully saturated rings. The van der Waals surface area contributed by atoms with E-state index in [1.807, 2.05) is 0 Å². The van der Waals surface area contributed by atoms with Crippen molar-refractivity contribution in [2.24, 2.45) is 0 Å². The standard InChI is InChI=1S/C14H11ClFNO2/c1-19-13-5-2-8(16)6-11(13)14(18)10-7-9(17)3-4-12(10)15/h2-7H,17H2,1H3. The molecule has 0 spiro atoms. The van der Waals surface area contributed by atoms with E-state index in [9.17, 15) is 9.18 Å². The molecular formula is C14H11ClFNO2. The van der Waals surface area contributed by atoms with E-state index in [2.05, 4.69) is 0 Å². The van der Waals surface area contributed by atoms with E-state index in [0.717, 1.165) is 6.07 Å². The van der Waals surface area contributed by atoms with Crippen LogP contribution in [0, 0.1) is 5.82 Å². The van der Waals surface area contributed by atoms with Crippen molar-refractivity contribution in [3.8, 4) is 5.75 Å². The van der Waals surface area contributed by atoms with Crippen LogP contribution in [0.15, 0.2) is 36.4 Å². The minimum absolute atomic E-state index is 0.106. The molecule has 0 saturated carbocycles. The summed E-state index contributed by atoms with van der Waals surface area (Å²) in [6, 6.07) is 8.28. The molecule has 2 rings (SSSR count). The van der Waals surface area contributed by atoms with E-state index in [1.165, 1.54) is 31.4 Å². The van der Waals surface area contributed by atoms with Crippen LogP contribution in [0.4, 0.5) is 10.1 Å². The largest absolute Gasteiger partial charge is 0.496 e. The number of halogens is 2. The third-order valence-corrected chi connectivity index (χ3v) is 2.97. The number of hydrogen-bond acceptors (Lipinski definition) is 3. The lowest BCUT2D eigenvalue weighted by atomic mass is 10.0. The van der Waals surface area contributed by atoms with Crippen LogP contribution in [0.5, 0.6) is 5.75 Å². The second-order valence-electron chi connectivity index (χ2n) is 3.91. The highest BCUT2D eigenvalue weighted by Gasteiger charge is 2.18. The topological polar surface area (TPSA) is 52.3 Å². The highest BCUT2D eigenvalue weighted by atomic mass is 35.5. The Hall–Kier alpha value is -2.07. The van der Waals surface area contributed by atoms with E-state index < -0.39 is 11.6 Å². The number of nitrogens with two attached hydrogens (primary N) is 1. The van der Waals surface area contributed by atoms with Crippen LogP contribution in [-0.4, -0.2) is 12.9 Å². The minimum atomic E-state index is -0.524. The van der Waals surface area contributed by atoms with E-state index in [0.29, 0.717) is 5.69 Å². The summed E-state index contributed by atoms with van der Waals surface area (Å²) in [5.74, 6) is -0.678. The molecule has 0 aliphatic rings. The van der Waals surface area contributed by atoms with Crippen molar-refractivity contribution >= 4 is 23.1 Å². The zero-order valence-corrected chi connectivity index (χ0v) is 10.9. The van der Waals surface area contributed by atoms with Gasteiger partial charge in [-0.1, -0.05) is 11.6 Å². The second-order valence-corrected chi connectivity index (χ2v) is 4.32.